The van der Waals surface area contributed by atoms with Crippen molar-refractivity contribution in [2.75, 3.05) is 32.1 Å². The zero-order valence-electron chi connectivity index (χ0n) is 15.6. The van der Waals surface area contributed by atoms with Gasteiger partial charge in [0.15, 0.2) is 0 Å². The van der Waals surface area contributed by atoms with Crippen molar-refractivity contribution >= 4 is 38.6 Å². The zero-order valence-corrected chi connectivity index (χ0v) is 17.4. The summed E-state index contributed by atoms with van der Waals surface area (Å²) < 4.78 is 0. The third kappa shape index (κ3) is 10.5. The van der Waals surface area contributed by atoms with E-state index >= 15 is 0 Å². The molecular formula is C16H33N5O2P2. The van der Waals surface area contributed by atoms with Crippen LogP contribution in [0.2, 0.25) is 0 Å². The summed E-state index contributed by atoms with van der Waals surface area (Å²) >= 11 is 0. The van der Waals surface area contributed by atoms with Crippen LogP contribution in [0.25, 0.3) is 0 Å². The molecule has 7 nitrogen and oxygen atoms in total. The number of nitrogens with two attached hydrogens (primary N) is 3. The molecule has 0 radical (unpaired) electrons. The van der Waals surface area contributed by atoms with Gasteiger partial charge in [-0.1, -0.05) is 32.8 Å². The maximum Gasteiger partial charge on any atom is 0.120 e. The summed E-state index contributed by atoms with van der Waals surface area (Å²) in [5, 5.41) is 0. The smallest absolute Gasteiger partial charge is 0.120 e. The highest BCUT2D eigenvalue weighted by atomic mass is 31.2. The molecule has 0 unspecified atom stereocenters. The molecule has 0 saturated carbocycles. The van der Waals surface area contributed by atoms with Crippen molar-refractivity contribution in [2.24, 2.45) is 32.4 Å². The number of amidine groups is 2. The summed E-state index contributed by atoms with van der Waals surface area (Å²) in [6.07, 6.45) is 7.95. The lowest BCUT2D eigenvalue weighted by Gasteiger charge is -2.36. The Morgan fingerprint density at radius 2 is 1.32 bits per heavy atom. The first-order valence-corrected chi connectivity index (χ1v) is 12.4. The Hall–Kier alpha value is -1.10. The van der Waals surface area contributed by atoms with Crippen LogP contribution in [0.15, 0.2) is 34.3 Å². The van der Waals surface area contributed by atoms with Gasteiger partial charge in [0.2, 0.25) is 0 Å². The van der Waals surface area contributed by atoms with Crippen LogP contribution in [-0.2, 0) is 0 Å². The summed E-state index contributed by atoms with van der Waals surface area (Å²) in [5.41, 5.74) is 18.4. The standard InChI is InChI=1S/C16H33N5O2P2/c1-12(2)14(17)20-8-16(10-24(5,6)19,11-25(7,22)23)9-21-15(18)13(3)4/h22-23H,1,3,5,7-11,19H2,2,4,6H3,(H2,17,20)(H2,18,21)/t24-/m1/s1. The lowest BCUT2D eigenvalue weighted by Crippen LogP contribution is -2.39. The van der Waals surface area contributed by atoms with E-state index in [0.29, 0.717) is 29.0 Å². The zero-order chi connectivity index (χ0) is 20.1. The van der Waals surface area contributed by atoms with Crippen LogP contribution in [0.3, 0.4) is 0 Å². The van der Waals surface area contributed by atoms with Gasteiger partial charge in [-0.05, 0) is 37.8 Å². The van der Waals surface area contributed by atoms with E-state index in [9.17, 15) is 9.79 Å². The van der Waals surface area contributed by atoms with Gasteiger partial charge in [0, 0.05) is 24.7 Å². The van der Waals surface area contributed by atoms with Crippen LogP contribution in [0.1, 0.15) is 13.8 Å². The number of rotatable bonds is 10. The molecule has 0 spiro atoms. The van der Waals surface area contributed by atoms with Gasteiger partial charge in [0.25, 0.3) is 0 Å². The molecule has 0 aliphatic carbocycles. The fourth-order valence-electron chi connectivity index (χ4n) is 2.38. The SMILES string of the molecule is C=C(C)C(N)=NCC(CN=C(N)C(=C)C)(CP(=C)(O)O)C[P@@](=C)(C)N. The van der Waals surface area contributed by atoms with Crippen molar-refractivity contribution in [2.45, 2.75) is 13.8 Å². The van der Waals surface area contributed by atoms with Crippen molar-refractivity contribution in [3.8, 4) is 0 Å². The average molecular weight is 389 g/mol. The molecule has 0 aliphatic heterocycles. The number of hydrogen-bond donors (Lipinski definition) is 5. The van der Waals surface area contributed by atoms with Gasteiger partial charge in [-0.15, -0.1) is 0 Å². The van der Waals surface area contributed by atoms with Crippen LogP contribution >= 0.6 is 14.4 Å². The van der Waals surface area contributed by atoms with Gasteiger partial charge in [0.1, 0.15) is 19.0 Å². The molecule has 0 heterocycles. The molecule has 1 atom stereocenters. The third-order valence-corrected chi connectivity index (χ3v) is 5.90. The average Bonchev–Trinajstić information content (AvgIpc) is 2.38. The van der Waals surface area contributed by atoms with Gasteiger partial charge in [-0.25, -0.2) is 0 Å². The molecule has 8 N–H and O–H groups in total. The molecule has 0 rings (SSSR count). The predicted octanol–water partition coefficient (Wildman–Crippen LogP) is 1.06. The van der Waals surface area contributed by atoms with Crippen molar-refractivity contribution in [1.29, 1.82) is 0 Å². The van der Waals surface area contributed by atoms with Crippen LogP contribution in [0.4, 0.5) is 0 Å². The summed E-state index contributed by atoms with van der Waals surface area (Å²) in [5.74, 6) is 0.595. The first kappa shape index (κ1) is 23.9. The van der Waals surface area contributed by atoms with Gasteiger partial charge in [0.05, 0.1) is 0 Å². The second-order valence-electron chi connectivity index (χ2n) is 7.14. The van der Waals surface area contributed by atoms with Gasteiger partial charge >= 0.3 is 0 Å². The summed E-state index contributed by atoms with van der Waals surface area (Å²) in [6, 6.07) is 0. The van der Waals surface area contributed by atoms with E-state index in [1.807, 2.05) is 6.66 Å². The van der Waals surface area contributed by atoms with E-state index in [2.05, 4.69) is 35.7 Å². The quantitative estimate of drug-likeness (QED) is 0.216. The Labute approximate surface area is 151 Å². The molecule has 9 heteroatoms. The van der Waals surface area contributed by atoms with Gasteiger partial charge in [-0.2, -0.15) is 0 Å². The first-order chi connectivity index (χ1) is 11.1. The Morgan fingerprint density at radius 1 is 0.960 bits per heavy atom. The van der Waals surface area contributed by atoms with Crippen molar-refractivity contribution in [1.82, 2.24) is 0 Å². The lowest BCUT2D eigenvalue weighted by atomic mass is 9.93. The van der Waals surface area contributed by atoms with E-state index < -0.39 is 19.8 Å². The van der Waals surface area contributed by atoms with E-state index in [4.69, 9.17) is 17.0 Å². The summed E-state index contributed by atoms with van der Waals surface area (Å²) in [4.78, 5) is 28.7. The maximum atomic E-state index is 10.0. The lowest BCUT2D eigenvalue weighted by molar-refractivity contribution is 0.374. The molecule has 0 fully saturated rings. The Bertz CT molecular complexity index is 612. The number of nitrogens with zero attached hydrogens (tertiary/aromatic N) is 2. The maximum absolute atomic E-state index is 10.0. The van der Waals surface area contributed by atoms with Gasteiger partial charge in [-0.3, -0.25) is 9.98 Å². The van der Waals surface area contributed by atoms with E-state index in [0.717, 1.165) is 0 Å². The van der Waals surface area contributed by atoms with E-state index in [-0.39, 0.29) is 19.3 Å². The largest absolute Gasteiger partial charge is 0.384 e. The molecule has 0 bridgehead atoms. The van der Waals surface area contributed by atoms with Crippen LogP contribution in [0, 0.1) is 5.41 Å². The number of hydrogen-bond acceptors (Lipinski definition) is 5. The Kier molecular flexibility index (Phi) is 8.62. The minimum absolute atomic E-state index is 0.00223. The summed E-state index contributed by atoms with van der Waals surface area (Å²) in [7, 11) is -5.41. The van der Waals surface area contributed by atoms with Crippen molar-refractivity contribution in [3.05, 3.63) is 24.3 Å². The topological polar surface area (TPSA) is 143 Å². The fourth-order valence-corrected chi connectivity index (χ4v) is 5.79. The van der Waals surface area contributed by atoms with Crippen LogP contribution < -0.4 is 17.0 Å². The third-order valence-electron chi connectivity index (χ3n) is 3.33. The highest BCUT2D eigenvalue weighted by molar-refractivity contribution is 7.70. The van der Waals surface area contributed by atoms with Gasteiger partial charge < -0.3 is 26.8 Å². The molecule has 0 aromatic rings. The van der Waals surface area contributed by atoms with Crippen molar-refractivity contribution in [3.63, 3.8) is 0 Å². The minimum Gasteiger partial charge on any atom is -0.384 e. The molecule has 25 heavy (non-hydrogen) atoms. The summed E-state index contributed by atoms with van der Waals surface area (Å²) in [6.45, 7) is 13.2. The van der Waals surface area contributed by atoms with E-state index in [1.165, 1.54) is 0 Å². The molecule has 0 aromatic carbocycles. The molecule has 0 saturated heterocycles. The fraction of sp³-hybridized carbons (Fsp3) is 0.500. The highest BCUT2D eigenvalue weighted by Crippen LogP contribution is 2.48. The molecule has 0 amide bonds. The van der Waals surface area contributed by atoms with E-state index in [1.54, 1.807) is 13.8 Å². The van der Waals surface area contributed by atoms with Crippen LogP contribution in [-0.4, -0.2) is 66.1 Å². The minimum atomic E-state index is -3.37. The molecule has 144 valence electrons. The van der Waals surface area contributed by atoms with Crippen LogP contribution in [0.5, 0.6) is 0 Å². The normalized spacial score (nSPS) is 18.3. The predicted molar refractivity (Wildman–Crippen MR) is 117 cm³/mol. The second kappa shape index (κ2) is 9.02. The molecular weight excluding hydrogens is 356 g/mol. The number of aliphatic imine (C=N–C) groups is 2. The Balaban J connectivity index is 6.03. The molecule has 0 aromatic heterocycles. The highest BCUT2D eigenvalue weighted by Gasteiger charge is 2.36. The Morgan fingerprint density at radius 3 is 1.56 bits per heavy atom. The monoisotopic (exact) mass is 389 g/mol. The first-order valence-electron chi connectivity index (χ1n) is 7.65. The molecule has 0 aliphatic rings. The van der Waals surface area contributed by atoms with Crippen molar-refractivity contribution < 1.29 is 9.79 Å². The second-order valence-corrected chi connectivity index (χ2v) is 12.5.